The lowest BCUT2D eigenvalue weighted by Crippen LogP contribution is -2.50. The van der Waals surface area contributed by atoms with E-state index in [1.807, 2.05) is 0 Å². The number of nitrogens with zero attached hydrogens (tertiary/aromatic N) is 3. The quantitative estimate of drug-likeness (QED) is 0.408. The van der Waals surface area contributed by atoms with Crippen molar-refractivity contribution in [1.82, 2.24) is 4.90 Å². The molecular formula is C26H31F3N4O4. The zero-order valence-corrected chi connectivity index (χ0v) is 20.7. The van der Waals surface area contributed by atoms with E-state index < -0.39 is 16.7 Å². The monoisotopic (exact) mass is 520 g/mol. The second kappa shape index (κ2) is 11.4. The number of carbonyl (C=O) groups excluding carboxylic acids is 1. The van der Waals surface area contributed by atoms with Crippen LogP contribution in [0, 0.1) is 17.0 Å². The summed E-state index contributed by atoms with van der Waals surface area (Å²) in [5.41, 5.74) is 1.04. The molecule has 2 fully saturated rings. The van der Waals surface area contributed by atoms with Crippen molar-refractivity contribution in [1.29, 1.82) is 0 Å². The molecule has 1 amide bonds. The lowest BCUT2D eigenvalue weighted by molar-refractivity contribution is -0.385. The molecule has 1 aliphatic carbocycles. The highest BCUT2D eigenvalue weighted by molar-refractivity contribution is 5.77. The Morgan fingerprint density at radius 1 is 1.08 bits per heavy atom. The van der Waals surface area contributed by atoms with Gasteiger partial charge in [0.15, 0.2) is 0 Å². The molecule has 4 rings (SSSR count). The summed E-state index contributed by atoms with van der Waals surface area (Å²) in [7, 11) is 0. The number of hydrogen-bond donors (Lipinski definition) is 1. The zero-order valence-electron chi connectivity index (χ0n) is 20.7. The van der Waals surface area contributed by atoms with Crippen molar-refractivity contribution in [2.24, 2.45) is 0 Å². The molecule has 0 atom stereocenters. The van der Waals surface area contributed by atoms with E-state index in [9.17, 15) is 28.1 Å². The highest BCUT2D eigenvalue weighted by Gasteiger charge is 2.35. The fraction of sp³-hybridized carbons (Fsp3) is 0.500. The predicted molar refractivity (Wildman–Crippen MR) is 134 cm³/mol. The van der Waals surface area contributed by atoms with E-state index in [1.165, 1.54) is 18.2 Å². The third-order valence-corrected chi connectivity index (χ3v) is 7.06. The maximum absolute atomic E-state index is 13.3. The molecule has 1 aliphatic heterocycles. The average Bonchev–Trinajstić information content (AvgIpc) is 2.87. The molecule has 1 N–H and O–H groups in total. The summed E-state index contributed by atoms with van der Waals surface area (Å²) in [6.07, 6.45) is -1.16. The van der Waals surface area contributed by atoms with Gasteiger partial charge in [0.2, 0.25) is 5.91 Å². The highest BCUT2D eigenvalue weighted by Crippen LogP contribution is 2.36. The summed E-state index contributed by atoms with van der Waals surface area (Å²) in [6.45, 7) is 3.03. The Labute approximate surface area is 213 Å². The molecule has 0 radical (unpaired) electrons. The number of nitro benzene ring substituents is 1. The van der Waals surface area contributed by atoms with Crippen LogP contribution < -0.4 is 10.2 Å². The molecule has 8 nitrogen and oxygen atoms in total. The Kier molecular flexibility index (Phi) is 8.21. The lowest BCUT2D eigenvalue weighted by atomic mass is 9.92. The van der Waals surface area contributed by atoms with Gasteiger partial charge in [-0.2, -0.15) is 13.2 Å². The smallest absolute Gasteiger partial charge is 0.382 e. The fourth-order valence-electron chi connectivity index (χ4n) is 5.03. The van der Waals surface area contributed by atoms with Gasteiger partial charge in [-0.15, -0.1) is 0 Å². The van der Waals surface area contributed by atoms with Crippen molar-refractivity contribution in [2.45, 2.75) is 50.9 Å². The van der Waals surface area contributed by atoms with Gasteiger partial charge in [0.25, 0.3) is 5.69 Å². The van der Waals surface area contributed by atoms with Gasteiger partial charge >= 0.3 is 6.18 Å². The molecule has 2 aromatic rings. The minimum atomic E-state index is -4.42. The number of amides is 1. The number of carbonyl (C=O) groups is 1. The van der Waals surface area contributed by atoms with Crippen molar-refractivity contribution >= 4 is 23.0 Å². The van der Waals surface area contributed by atoms with Crippen LogP contribution in [0.4, 0.5) is 30.2 Å². The number of halogens is 3. The number of nitro groups is 1. The molecule has 0 spiro atoms. The van der Waals surface area contributed by atoms with E-state index >= 15 is 0 Å². The van der Waals surface area contributed by atoms with Crippen LogP contribution >= 0.6 is 0 Å². The topological polar surface area (TPSA) is 88.0 Å². The van der Waals surface area contributed by atoms with Crippen LogP contribution in [-0.2, 0) is 15.7 Å². The van der Waals surface area contributed by atoms with Crippen LogP contribution in [0.3, 0.4) is 0 Å². The van der Waals surface area contributed by atoms with E-state index in [1.54, 1.807) is 34.9 Å². The standard InChI is InChI=1S/C26H31F3N4O4/c1-18-16-20(8-11-23(18)33(35)36)30-19-6-9-21(10-7-19)37-17-25(34)32-14-12-31(13-15-32)24-5-3-2-4-22(24)26(27,28)29/h2-5,8,11,16,19,21,30H,6-7,9-10,12-15,17H2,1H3. The van der Waals surface area contributed by atoms with Crippen molar-refractivity contribution in [3.8, 4) is 0 Å². The van der Waals surface area contributed by atoms with Crippen molar-refractivity contribution in [2.75, 3.05) is 43.0 Å². The number of para-hydroxylation sites is 1. The summed E-state index contributed by atoms with van der Waals surface area (Å²) in [5, 5.41) is 14.4. The number of ether oxygens (including phenoxy) is 1. The first-order valence-electron chi connectivity index (χ1n) is 12.4. The number of benzene rings is 2. The van der Waals surface area contributed by atoms with Crippen LogP contribution in [0.5, 0.6) is 0 Å². The van der Waals surface area contributed by atoms with Crippen molar-refractivity contribution < 1.29 is 27.6 Å². The van der Waals surface area contributed by atoms with Gasteiger partial charge in [0.1, 0.15) is 6.61 Å². The van der Waals surface area contributed by atoms with E-state index in [2.05, 4.69) is 5.32 Å². The van der Waals surface area contributed by atoms with Gasteiger partial charge in [-0.25, -0.2) is 0 Å². The summed E-state index contributed by atoms with van der Waals surface area (Å²) in [4.78, 5) is 26.6. The molecule has 37 heavy (non-hydrogen) atoms. The van der Waals surface area contributed by atoms with Crippen LogP contribution in [0.25, 0.3) is 0 Å². The van der Waals surface area contributed by atoms with Gasteiger partial charge in [0, 0.05) is 55.2 Å². The molecule has 0 unspecified atom stereocenters. The number of alkyl halides is 3. The van der Waals surface area contributed by atoms with Crippen molar-refractivity contribution in [3.63, 3.8) is 0 Å². The maximum Gasteiger partial charge on any atom is 0.418 e. The van der Waals surface area contributed by atoms with E-state index in [0.29, 0.717) is 31.7 Å². The van der Waals surface area contributed by atoms with E-state index in [4.69, 9.17) is 4.74 Å². The Bertz CT molecular complexity index is 1110. The Morgan fingerprint density at radius 3 is 2.38 bits per heavy atom. The maximum atomic E-state index is 13.3. The Hall–Kier alpha value is -3.34. The minimum Gasteiger partial charge on any atom is -0.382 e. The first-order valence-corrected chi connectivity index (χ1v) is 12.4. The van der Waals surface area contributed by atoms with Gasteiger partial charge < -0.3 is 19.9 Å². The second-order valence-corrected chi connectivity index (χ2v) is 9.57. The van der Waals surface area contributed by atoms with Crippen LogP contribution in [0.1, 0.15) is 36.8 Å². The third-order valence-electron chi connectivity index (χ3n) is 7.06. The number of anilines is 2. The molecule has 2 aromatic carbocycles. The van der Waals surface area contributed by atoms with Crippen LogP contribution in [0.15, 0.2) is 42.5 Å². The molecule has 1 saturated carbocycles. The first-order chi connectivity index (χ1) is 17.6. The summed E-state index contributed by atoms with van der Waals surface area (Å²) in [6, 6.07) is 10.7. The van der Waals surface area contributed by atoms with Crippen molar-refractivity contribution in [3.05, 3.63) is 63.7 Å². The number of nitrogens with one attached hydrogen (secondary N) is 1. The third kappa shape index (κ3) is 6.71. The summed E-state index contributed by atoms with van der Waals surface area (Å²) in [5.74, 6) is -0.148. The fourth-order valence-corrected chi connectivity index (χ4v) is 5.03. The molecule has 2 aliphatic rings. The Morgan fingerprint density at radius 2 is 1.76 bits per heavy atom. The van der Waals surface area contributed by atoms with E-state index in [-0.39, 0.29) is 36.0 Å². The Balaban J connectivity index is 1.19. The summed E-state index contributed by atoms with van der Waals surface area (Å²) < 4.78 is 45.9. The first kappa shape index (κ1) is 26.7. The van der Waals surface area contributed by atoms with Crippen LogP contribution in [-0.4, -0.2) is 60.7 Å². The zero-order chi connectivity index (χ0) is 26.6. The molecule has 1 saturated heterocycles. The van der Waals surface area contributed by atoms with Gasteiger partial charge in [-0.05, 0) is 56.9 Å². The minimum absolute atomic E-state index is 0.0273. The number of aryl methyl sites for hydroxylation is 1. The average molecular weight is 521 g/mol. The highest BCUT2D eigenvalue weighted by atomic mass is 19.4. The molecule has 200 valence electrons. The molecule has 0 aromatic heterocycles. The van der Waals surface area contributed by atoms with Gasteiger partial charge in [-0.1, -0.05) is 12.1 Å². The van der Waals surface area contributed by atoms with E-state index in [0.717, 1.165) is 37.4 Å². The summed E-state index contributed by atoms with van der Waals surface area (Å²) >= 11 is 0. The lowest BCUT2D eigenvalue weighted by Gasteiger charge is -2.37. The van der Waals surface area contributed by atoms with Crippen LogP contribution in [0.2, 0.25) is 0 Å². The number of piperazine rings is 1. The number of hydrogen-bond acceptors (Lipinski definition) is 6. The molecule has 11 heteroatoms. The SMILES string of the molecule is Cc1cc(NC2CCC(OCC(=O)N3CCN(c4ccccc4C(F)(F)F)CC3)CC2)ccc1[N+](=O)[O-]. The largest absolute Gasteiger partial charge is 0.418 e. The second-order valence-electron chi connectivity index (χ2n) is 9.57. The predicted octanol–water partition coefficient (Wildman–Crippen LogP) is 5.01. The van der Waals surface area contributed by atoms with Gasteiger partial charge in [0.05, 0.1) is 16.6 Å². The number of rotatable bonds is 7. The van der Waals surface area contributed by atoms with Gasteiger partial charge in [-0.3, -0.25) is 14.9 Å². The molecule has 0 bridgehead atoms. The molecule has 1 heterocycles. The molecular weight excluding hydrogens is 489 g/mol. The normalized spacial score (nSPS) is 20.5.